The molecule has 136 valence electrons. The third-order valence-corrected chi connectivity index (χ3v) is 4.94. The molecule has 1 amide bonds. The minimum atomic E-state index is -0.450. The maximum absolute atomic E-state index is 12.0. The highest BCUT2D eigenvalue weighted by Gasteiger charge is 2.08. The second-order valence-corrected chi connectivity index (χ2v) is 7.32. The number of halogens is 1. The van der Waals surface area contributed by atoms with Crippen LogP contribution in [0.4, 0.5) is 11.4 Å². The Labute approximate surface area is 167 Å². The van der Waals surface area contributed by atoms with Crippen LogP contribution in [0.15, 0.2) is 70.2 Å². The fourth-order valence-electron chi connectivity index (χ4n) is 2.17. The van der Waals surface area contributed by atoms with E-state index in [0.29, 0.717) is 10.7 Å². The van der Waals surface area contributed by atoms with Crippen molar-refractivity contribution in [3.8, 4) is 11.3 Å². The molecule has 3 aromatic rings. The summed E-state index contributed by atoms with van der Waals surface area (Å²) >= 11 is 4.62. The monoisotopic (exact) mass is 444 g/mol. The first-order valence-corrected chi connectivity index (χ1v) is 9.56. The average Bonchev–Trinajstić information content (AvgIpc) is 2.69. The number of rotatable bonds is 6. The number of nitro groups is 1. The van der Waals surface area contributed by atoms with Gasteiger partial charge in [-0.1, -0.05) is 27.7 Å². The van der Waals surface area contributed by atoms with E-state index in [1.54, 1.807) is 24.3 Å². The van der Waals surface area contributed by atoms with Gasteiger partial charge in [0, 0.05) is 27.9 Å². The van der Waals surface area contributed by atoms with Crippen LogP contribution in [0.2, 0.25) is 0 Å². The summed E-state index contributed by atoms with van der Waals surface area (Å²) in [6.07, 6.45) is 0. The molecule has 0 unspecified atom stereocenters. The van der Waals surface area contributed by atoms with Gasteiger partial charge in [-0.05, 0) is 48.5 Å². The molecular formula is C18H13BrN4O3S. The van der Waals surface area contributed by atoms with Gasteiger partial charge in [0.25, 0.3) is 5.69 Å². The molecule has 0 atom stereocenters. The Morgan fingerprint density at radius 3 is 2.33 bits per heavy atom. The van der Waals surface area contributed by atoms with Crippen molar-refractivity contribution in [3.63, 3.8) is 0 Å². The predicted octanol–water partition coefficient (Wildman–Crippen LogP) is 4.55. The molecule has 0 saturated heterocycles. The lowest BCUT2D eigenvalue weighted by Gasteiger charge is -2.05. The van der Waals surface area contributed by atoms with E-state index < -0.39 is 4.92 Å². The van der Waals surface area contributed by atoms with Crippen LogP contribution < -0.4 is 5.32 Å². The Morgan fingerprint density at radius 1 is 1.04 bits per heavy atom. The quantitative estimate of drug-likeness (QED) is 0.340. The van der Waals surface area contributed by atoms with Gasteiger partial charge in [-0.25, -0.2) is 0 Å². The Kier molecular flexibility index (Phi) is 6.15. The summed E-state index contributed by atoms with van der Waals surface area (Å²) in [5.74, 6) is 0.0744. The highest BCUT2D eigenvalue weighted by molar-refractivity contribution is 9.10. The van der Waals surface area contributed by atoms with E-state index in [9.17, 15) is 14.9 Å². The highest BCUT2D eigenvalue weighted by atomic mass is 79.9. The first-order chi connectivity index (χ1) is 13.0. The van der Waals surface area contributed by atoms with Crippen LogP contribution in [-0.2, 0) is 4.79 Å². The van der Waals surface area contributed by atoms with Crippen LogP contribution in [0.3, 0.4) is 0 Å². The second kappa shape index (κ2) is 8.74. The van der Waals surface area contributed by atoms with E-state index in [1.807, 2.05) is 24.3 Å². The highest BCUT2D eigenvalue weighted by Crippen LogP contribution is 2.22. The van der Waals surface area contributed by atoms with Crippen LogP contribution in [0.1, 0.15) is 0 Å². The van der Waals surface area contributed by atoms with Crippen molar-refractivity contribution in [3.05, 3.63) is 75.3 Å². The summed E-state index contributed by atoms with van der Waals surface area (Å²) in [7, 11) is 0. The number of thioether (sulfide) groups is 1. The molecule has 9 heteroatoms. The molecule has 0 aliphatic rings. The maximum Gasteiger partial charge on any atom is 0.269 e. The number of anilines is 1. The third kappa shape index (κ3) is 5.35. The summed E-state index contributed by atoms with van der Waals surface area (Å²) < 4.78 is 0.943. The van der Waals surface area contributed by atoms with Crippen molar-refractivity contribution in [1.82, 2.24) is 10.2 Å². The van der Waals surface area contributed by atoms with Crippen molar-refractivity contribution in [1.29, 1.82) is 0 Å². The van der Waals surface area contributed by atoms with Gasteiger partial charge in [-0.15, -0.1) is 10.2 Å². The lowest BCUT2D eigenvalue weighted by molar-refractivity contribution is -0.384. The number of carbonyl (C=O) groups is 1. The summed E-state index contributed by atoms with van der Waals surface area (Å²) in [4.78, 5) is 22.2. The fourth-order valence-corrected chi connectivity index (χ4v) is 3.05. The molecule has 0 fully saturated rings. The van der Waals surface area contributed by atoms with Gasteiger partial charge in [0.2, 0.25) is 5.91 Å². The Hall–Kier alpha value is -2.78. The smallest absolute Gasteiger partial charge is 0.269 e. The van der Waals surface area contributed by atoms with Crippen LogP contribution in [0.25, 0.3) is 11.3 Å². The first kappa shape index (κ1) is 19.0. The summed E-state index contributed by atoms with van der Waals surface area (Å²) in [5, 5.41) is 22.3. The van der Waals surface area contributed by atoms with Gasteiger partial charge in [-0.2, -0.15) is 0 Å². The van der Waals surface area contributed by atoms with Crippen LogP contribution in [-0.4, -0.2) is 26.8 Å². The Balaban J connectivity index is 1.56. The number of aromatic nitrogens is 2. The van der Waals surface area contributed by atoms with Gasteiger partial charge in [0.1, 0.15) is 5.03 Å². The molecule has 1 N–H and O–H groups in total. The lowest BCUT2D eigenvalue weighted by atomic mass is 10.1. The van der Waals surface area contributed by atoms with Gasteiger partial charge in [0.05, 0.1) is 16.4 Å². The Bertz CT molecular complexity index is 948. The molecule has 0 radical (unpaired) electrons. The minimum Gasteiger partial charge on any atom is -0.325 e. The van der Waals surface area contributed by atoms with Crippen molar-refractivity contribution in [2.24, 2.45) is 0 Å². The largest absolute Gasteiger partial charge is 0.325 e. The molecule has 1 heterocycles. The number of benzene rings is 2. The molecule has 0 aliphatic carbocycles. The molecule has 3 rings (SSSR count). The summed E-state index contributed by atoms with van der Waals surface area (Å²) in [6, 6.07) is 17.0. The van der Waals surface area contributed by atoms with Crippen molar-refractivity contribution >= 4 is 45.0 Å². The number of non-ortho nitro benzene ring substituents is 1. The third-order valence-electron chi connectivity index (χ3n) is 3.49. The van der Waals surface area contributed by atoms with Gasteiger partial charge in [0.15, 0.2) is 0 Å². The predicted molar refractivity (Wildman–Crippen MR) is 108 cm³/mol. The van der Waals surface area contributed by atoms with Crippen LogP contribution in [0.5, 0.6) is 0 Å². The van der Waals surface area contributed by atoms with Gasteiger partial charge < -0.3 is 5.32 Å². The standard InChI is InChI=1S/C18H13BrN4O3S/c19-13-3-5-14(6-4-13)20-17(24)11-27-18-10-9-16(21-22-18)12-1-7-15(8-2-12)23(25)26/h1-10H,11H2,(H,20,24). The average molecular weight is 445 g/mol. The zero-order valence-corrected chi connectivity index (χ0v) is 16.2. The van der Waals surface area contributed by atoms with E-state index in [4.69, 9.17) is 0 Å². The zero-order valence-electron chi connectivity index (χ0n) is 13.8. The molecule has 27 heavy (non-hydrogen) atoms. The molecule has 0 aliphatic heterocycles. The topological polar surface area (TPSA) is 98.0 Å². The van der Waals surface area contributed by atoms with Crippen molar-refractivity contribution < 1.29 is 9.72 Å². The van der Waals surface area contributed by atoms with E-state index in [0.717, 1.165) is 15.7 Å². The first-order valence-electron chi connectivity index (χ1n) is 7.78. The van der Waals surface area contributed by atoms with E-state index in [2.05, 4.69) is 31.4 Å². The fraction of sp³-hybridized carbons (Fsp3) is 0.0556. The molecule has 0 spiro atoms. The van der Waals surface area contributed by atoms with Gasteiger partial charge in [-0.3, -0.25) is 14.9 Å². The maximum atomic E-state index is 12.0. The number of carbonyl (C=O) groups excluding carboxylic acids is 1. The number of hydrogen-bond donors (Lipinski definition) is 1. The number of nitrogens with zero attached hydrogens (tertiary/aromatic N) is 3. The minimum absolute atomic E-state index is 0.0238. The SMILES string of the molecule is O=C(CSc1ccc(-c2ccc([N+](=O)[O-])cc2)nn1)Nc1ccc(Br)cc1. The molecule has 1 aromatic heterocycles. The molecule has 2 aromatic carbocycles. The van der Waals surface area contributed by atoms with E-state index >= 15 is 0 Å². The molecular weight excluding hydrogens is 432 g/mol. The molecule has 0 bridgehead atoms. The molecule has 0 saturated carbocycles. The van der Waals surface area contributed by atoms with Crippen LogP contribution in [0, 0.1) is 10.1 Å². The summed E-state index contributed by atoms with van der Waals surface area (Å²) in [6.45, 7) is 0. The Morgan fingerprint density at radius 2 is 1.74 bits per heavy atom. The number of hydrogen-bond acceptors (Lipinski definition) is 6. The summed E-state index contributed by atoms with van der Waals surface area (Å²) in [5.41, 5.74) is 2.09. The lowest BCUT2D eigenvalue weighted by Crippen LogP contribution is -2.14. The second-order valence-electron chi connectivity index (χ2n) is 5.40. The number of nitro benzene ring substituents is 1. The van der Waals surface area contributed by atoms with Gasteiger partial charge >= 0.3 is 0 Å². The molecule has 7 nitrogen and oxygen atoms in total. The van der Waals surface area contributed by atoms with E-state index in [1.165, 1.54) is 23.9 Å². The normalized spacial score (nSPS) is 10.4. The number of amides is 1. The van der Waals surface area contributed by atoms with Crippen molar-refractivity contribution in [2.45, 2.75) is 5.03 Å². The van der Waals surface area contributed by atoms with Crippen LogP contribution >= 0.6 is 27.7 Å². The zero-order chi connectivity index (χ0) is 19.2. The van der Waals surface area contributed by atoms with Crippen molar-refractivity contribution in [2.75, 3.05) is 11.1 Å². The number of nitrogens with one attached hydrogen (secondary N) is 1. The van der Waals surface area contributed by atoms with E-state index in [-0.39, 0.29) is 17.3 Å².